The van der Waals surface area contributed by atoms with Gasteiger partial charge in [0.15, 0.2) is 0 Å². The van der Waals surface area contributed by atoms with Crippen molar-refractivity contribution < 1.29 is 8.78 Å². The van der Waals surface area contributed by atoms with E-state index in [0.717, 1.165) is 6.20 Å². The summed E-state index contributed by atoms with van der Waals surface area (Å²) in [7, 11) is 0. The number of pyridine rings is 1. The maximum absolute atomic E-state index is 12.4. The predicted molar refractivity (Wildman–Crippen MR) is 46.2 cm³/mol. The van der Waals surface area contributed by atoms with E-state index in [1.54, 1.807) is 6.07 Å². The smallest absolute Gasteiger partial charge is 0.280 e. The van der Waals surface area contributed by atoms with E-state index in [4.69, 9.17) is 16.7 Å². The second kappa shape index (κ2) is 3.98. The normalized spacial score (nSPS) is 10.2. The summed E-state index contributed by atoms with van der Waals surface area (Å²) in [5.74, 6) is 0. The van der Waals surface area contributed by atoms with Crippen LogP contribution in [0.5, 0.6) is 0 Å². The zero-order valence-electron chi connectivity index (χ0n) is 7.17. The number of nitrogen functional groups attached to an aromatic ring is 1. The van der Waals surface area contributed by atoms with Crippen molar-refractivity contribution in [2.24, 2.45) is 5.73 Å². The second-order valence-corrected chi connectivity index (χ2v) is 2.57. The molecule has 0 fully saturated rings. The van der Waals surface area contributed by atoms with Gasteiger partial charge in [-0.3, -0.25) is 4.98 Å². The molecule has 1 aromatic heterocycles. The molecule has 1 rings (SSSR count). The summed E-state index contributed by atoms with van der Waals surface area (Å²) in [4.78, 5) is 3.45. The molecule has 4 N–H and O–H groups in total. The molecule has 4 nitrogen and oxygen atoms in total. The van der Waals surface area contributed by atoms with Crippen LogP contribution in [0.15, 0.2) is 6.20 Å². The molecule has 0 aliphatic rings. The van der Waals surface area contributed by atoms with E-state index in [1.165, 1.54) is 0 Å². The average Bonchev–Trinajstić information content (AvgIpc) is 2.17. The molecule has 0 radical (unpaired) electrons. The monoisotopic (exact) mass is 198 g/mol. The number of hydrogen-bond acceptors (Lipinski definition) is 4. The fraction of sp³-hybridized carbons (Fsp3) is 0.250. The maximum atomic E-state index is 12.4. The predicted octanol–water partition coefficient (Wildman–Crippen LogP) is 0.932. The highest BCUT2D eigenvalue weighted by molar-refractivity contribution is 5.59. The summed E-state index contributed by atoms with van der Waals surface area (Å²) in [5, 5.41) is 8.57. The van der Waals surface area contributed by atoms with E-state index >= 15 is 0 Å². The highest BCUT2D eigenvalue weighted by atomic mass is 19.3. The third-order valence-corrected chi connectivity index (χ3v) is 1.79. The van der Waals surface area contributed by atoms with Gasteiger partial charge in [-0.05, 0) is 0 Å². The van der Waals surface area contributed by atoms with E-state index in [1.807, 2.05) is 0 Å². The fourth-order valence-corrected chi connectivity index (χ4v) is 1.07. The molecule has 0 unspecified atom stereocenters. The summed E-state index contributed by atoms with van der Waals surface area (Å²) in [6, 6.07) is 1.75. The Morgan fingerprint density at radius 3 is 2.64 bits per heavy atom. The van der Waals surface area contributed by atoms with Crippen molar-refractivity contribution in [3.05, 3.63) is 23.0 Å². The molecular weight excluding hydrogens is 190 g/mol. The fourth-order valence-electron chi connectivity index (χ4n) is 1.07. The average molecular weight is 198 g/mol. The number of alkyl halides is 2. The van der Waals surface area contributed by atoms with Crippen LogP contribution in [-0.2, 0) is 6.54 Å². The first kappa shape index (κ1) is 10.3. The summed E-state index contributed by atoms with van der Waals surface area (Å²) in [6.07, 6.45) is -1.71. The number of nitrogens with zero attached hydrogens (tertiary/aromatic N) is 2. The first-order chi connectivity index (χ1) is 6.61. The van der Waals surface area contributed by atoms with E-state index < -0.39 is 12.1 Å². The largest absolute Gasteiger partial charge is 0.397 e. The van der Waals surface area contributed by atoms with Crippen LogP contribution in [0, 0.1) is 11.3 Å². The molecule has 0 aromatic carbocycles. The van der Waals surface area contributed by atoms with Crippen LogP contribution < -0.4 is 11.5 Å². The Balaban J connectivity index is 3.38. The molecule has 6 heteroatoms. The van der Waals surface area contributed by atoms with Crippen LogP contribution >= 0.6 is 0 Å². The third kappa shape index (κ3) is 1.63. The first-order valence-corrected chi connectivity index (χ1v) is 3.77. The molecule has 0 amide bonds. The van der Waals surface area contributed by atoms with E-state index in [9.17, 15) is 8.78 Å². The SMILES string of the molecule is N#Cc1cnc(C(F)F)c(CN)c1N. The van der Waals surface area contributed by atoms with Gasteiger partial charge in [0.25, 0.3) is 6.43 Å². The van der Waals surface area contributed by atoms with Crippen molar-refractivity contribution in [1.82, 2.24) is 4.98 Å². The number of nitriles is 1. The number of aromatic nitrogens is 1. The van der Waals surface area contributed by atoms with Crippen LogP contribution in [0.3, 0.4) is 0 Å². The number of hydrogen-bond donors (Lipinski definition) is 2. The Bertz CT molecular complexity index is 384. The molecule has 0 bridgehead atoms. The van der Waals surface area contributed by atoms with Crippen LogP contribution in [-0.4, -0.2) is 4.98 Å². The molecule has 74 valence electrons. The quantitative estimate of drug-likeness (QED) is 0.739. The van der Waals surface area contributed by atoms with Crippen molar-refractivity contribution in [3.63, 3.8) is 0 Å². The molecule has 0 atom stereocenters. The van der Waals surface area contributed by atoms with Crippen molar-refractivity contribution in [2.75, 3.05) is 5.73 Å². The minimum Gasteiger partial charge on any atom is -0.397 e. The van der Waals surface area contributed by atoms with Crippen molar-refractivity contribution in [1.29, 1.82) is 5.26 Å². The number of anilines is 1. The highest BCUT2D eigenvalue weighted by Gasteiger charge is 2.18. The molecule has 0 spiro atoms. The van der Waals surface area contributed by atoms with Crippen molar-refractivity contribution in [3.8, 4) is 6.07 Å². The molecule has 0 saturated heterocycles. The molecule has 0 saturated carbocycles. The topological polar surface area (TPSA) is 88.7 Å². The third-order valence-electron chi connectivity index (χ3n) is 1.79. The van der Waals surface area contributed by atoms with Crippen LogP contribution in [0.25, 0.3) is 0 Å². The lowest BCUT2D eigenvalue weighted by Gasteiger charge is -2.09. The summed E-state index contributed by atoms with van der Waals surface area (Å²) >= 11 is 0. The maximum Gasteiger partial charge on any atom is 0.280 e. The number of nitrogens with two attached hydrogens (primary N) is 2. The van der Waals surface area contributed by atoms with Gasteiger partial charge >= 0.3 is 0 Å². The van der Waals surface area contributed by atoms with Gasteiger partial charge < -0.3 is 11.5 Å². The molecule has 0 aliphatic carbocycles. The zero-order valence-corrected chi connectivity index (χ0v) is 7.17. The molecular formula is C8H8F2N4. The summed E-state index contributed by atoms with van der Waals surface area (Å²) in [6.45, 7) is -0.159. The lowest BCUT2D eigenvalue weighted by Crippen LogP contribution is -2.10. The Morgan fingerprint density at radius 1 is 1.57 bits per heavy atom. The van der Waals surface area contributed by atoms with Gasteiger partial charge in [0.05, 0.1) is 11.3 Å². The summed E-state index contributed by atoms with van der Waals surface area (Å²) < 4.78 is 24.7. The van der Waals surface area contributed by atoms with Gasteiger partial charge in [-0.2, -0.15) is 5.26 Å². The van der Waals surface area contributed by atoms with E-state index in [-0.39, 0.29) is 23.4 Å². The first-order valence-electron chi connectivity index (χ1n) is 3.77. The second-order valence-electron chi connectivity index (χ2n) is 2.57. The molecule has 1 heterocycles. The standard InChI is InChI=1S/C8H8F2N4/c9-8(10)7-5(2-12)6(13)4(1-11)3-14-7/h3,8H,2,12H2,(H2,13,14). The minimum absolute atomic E-state index is 0.0136. The lowest BCUT2D eigenvalue weighted by atomic mass is 10.1. The minimum atomic E-state index is -2.73. The van der Waals surface area contributed by atoms with Crippen LogP contribution in [0.4, 0.5) is 14.5 Å². The van der Waals surface area contributed by atoms with E-state index in [2.05, 4.69) is 4.98 Å². The molecule has 0 aliphatic heterocycles. The Hall–Kier alpha value is -1.74. The lowest BCUT2D eigenvalue weighted by molar-refractivity contribution is 0.145. The van der Waals surface area contributed by atoms with Gasteiger partial charge in [0.1, 0.15) is 11.8 Å². The van der Waals surface area contributed by atoms with Gasteiger partial charge in [0.2, 0.25) is 0 Å². The molecule has 14 heavy (non-hydrogen) atoms. The van der Waals surface area contributed by atoms with Crippen molar-refractivity contribution >= 4 is 5.69 Å². The Kier molecular flexibility index (Phi) is 2.94. The number of rotatable bonds is 2. The van der Waals surface area contributed by atoms with Gasteiger partial charge in [-0.15, -0.1) is 0 Å². The van der Waals surface area contributed by atoms with Gasteiger partial charge in [-0.25, -0.2) is 8.78 Å². The molecule has 1 aromatic rings. The summed E-state index contributed by atoms with van der Waals surface area (Å²) in [5.41, 5.74) is 10.4. The Morgan fingerprint density at radius 2 is 2.21 bits per heavy atom. The highest BCUT2D eigenvalue weighted by Crippen LogP contribution is 2.26. The van der Waals surface area contributed by atoms with E-state index in [0.29, 0.717) is 0 Å². The van der Waals surface area contributed by atoms with Crippen LogP contribution in [0.1, 0.15) is 23.2 Å². The Labute approximate surface area is 79.1 Å². The zero-order chi connectivity index (χ0) is 10.7. The van der Waals surface area contributed by atoms with Crippen molar-refractivity contribution in [2.45, 2.75) is 13.0 Å². The van der Waals surface area contributed by atoms with Gasteiger partial charge in [0, 0.05) is 18.3 Å². The van der Waals surface area contributed by atoms with Gasteiger partial charge in [-0.1, -0.05) is 0 Å². The van der Waals surface area contributed by atoms with Crippen LogP contribution in [0.2, 0.25) is 0 Å². The number of halogens is 2.